The number of aromatic hydroxyl groups is 1. The molecule has 0 radical (unpaired) electrons. The van der Waals surface area contributed by atoms with Crippen LogP contribution in [-0.4, -0.2) is 42.4 Å². The molecule has 0 bridgehead atoms. The molecule has 0 aliphatic heterocycles. The number of methoxy groups -OCH3 is 1. The van der Waals surface area contributed by atoms with Crippen LogP contribution in [0.3, 0.4) is 0 Å². The van der Waals surface area contributed by atoms with Crippen LogP contribution in [0.4, 0.5) is 0 Å². The van der Waals surface area contributed by atoms with Crippen LogP contribution in [0.25, 0.3) is 0 Å². The number of unbranched alkanes of at least 4 members (excludes halogenated alkanes) is 1. The molecular weight excluding hydrogens is 218 g/mol. The summed E-state index contributed by atoms with van der Waals surface area (Å²) in [6.45, 7) is 1.97. The lowest BCUT2D eigenvalue weighted by molar-refractivity contribution is 0.261. The monoisotopic (exact) mass is 239 g/mol. The second kappa shape index (κ2) is 7.14. The number of ether oxygens (including phenoxy) is 1. The Labute approximate surface area is 102 Å². The topological polar surface area (TPSA) is 52.9 Å². The quantitative estimate of drug-likeness (QED) is 0.710. The molecule has 0 spiro atoms. The molecule has 1 aromatic rings. The van der Waals surface area contributed by atoms with E-state index < -0.39 is 0 Å². The highest BCUT2D eigenvalue weighted by atomic mass is 16.5. The minimum Gasteiger partial charge on any atom is -0.504 e. The summed E-state index contributed by atoms with van der Waals surface area (Å²) in [5, 5.41) is 18.3. The number of benzene rings is 1. The van der Waals surface area contributed by atoms with Crippen molar-refractivity contribution in [2.45, 2.75) is 19.4 Å². The highest BCUT2D eigenvalue weighted by molar-refractivity contribution is 5.41. The van der Waals surface area contributed by atoms with E-state index in [0.717, 1.165) is 31.5 Å². The molecule has 0 amide bonds. The fraction of sp³-hybridized carbons (Fsp3) is 0.538. The lowest BCUT2D eigenvalue weighted by Gasteiger charge is -2.16. The van der Waals surface area contributed by atoms with Crippen molar-refractivity contribution in [2.75, 3.05) is 27.3 Å². The van der Waals surface area contributed by atoms with Gasteiger partial charge in [-0.15, -0.1) is 0 Å². The van der Waals surface area contributed by atoms with E-state index in [1.807, 2.05) is 13.1 Å². The number of rotatable bonds is 7. The second-order valence-corrected chi connectivity index (χ2v) is 4.17. The van der Waals surface area contributed by atoms with E-state index in [2.05, 4.69) is 4.90 Å². The number of nitrogens with zero attached hydrogens (tertiary/aromatic N) is 1. The van der Waals surface area contributed by atoms with Gasteiger partial charge in [0.05, 0.1) is 7.11 Å². The Kier molecular flexibility index (Phi) is 5.80. The van der Waals surface area contributed by atoms with Crippen LogP contribution < -0.4 is 4.74 Å². The number of aliphatic hydroxyl groups excluding tert-OH is 1. The minimum absolute atomic E-state index is 0.175. The molecule has 96 valence electrons. The Morgan fingerprint density at radius 3 is 2.65 bits per heavy atom. The summed E-state index contributed by atoms with van der Waals surface area (Å²) in [6, 6.07) is 5.44. The number of hydrogen-bond acceptors (Lipinski definition) is 4. The van der Waals surface area contributed by atoms with E-state index in [4.69, 9.17) is 9.84 Å². The summed E-state index contributed by atoms with van der Waals surface area (Å²) in [5.74, 6) is 0.672. The molecule has 0 atom stereocenters. The van der Waals surface area contributed by atoms with Crippen molar-refractivity contribution in [3.63, 3.8) is 0 Å². The van der Waals surface area contributed by atoms with E-state index in [1.165, 1.54) is 7.11 Å². The van der Waals surface area contributed by atoms with Crippen LogP contribution >= 0.6 is 0 Å². The van der Waals surface area contributed by atoms with Gasteiger partial charge in [-0.05, 0) is 44.1 Å². The molecule has 17 heavy (non-hydrogen) atoms. The van der Waals surface area contributed by atoms with Crippen LogP contribution in [0.2, 0.25) is 0 Å². The minimum atomic E-state index is 0.175. The van der Waals surface area contributed by atoms with E-state index in [0.29, 0.717) is 5.75 Å². The lowest BCUT2D eigenvalue weighted by atomic mass is 10.2. The maximum Gasteiger partial charge on any atom is 0.160 e. The Bertz CT molecular complexity index is 341. The van der Waals surface area contributed by atoms with Gasteiger partial charge in [0.1, 0.15) is 0 Å². The van der Waals surface area contributed by atoms with Crippen LogP contribution in [0.15, 0.2) is 18.2 Å². The van der Waals surface area contributed by atoms with Gasteiger partial charge in [0, 0.05) is 13.2 Å². The average Bonchev–Trinajstić information content (AvgIpc) is 2.29. The number of hydrogen-bond donors (Lipinski definition) is 2. The number of aliphatic hydroxyl groups is 1. The molecule has 0 aliphatic rings. The first-order valence-electron chi connectivity index (χ1n) is 5.82. The normalized spacial score (nSPS) is 10.8. The van der Waals surface area contributed by atoms with Crippen molar-refractivity contribution < 1.29 is 14.9 Å². The van der Waals surface area contributed by atoms with Gasteiger partial charge in [-0.2, -0.15) is 0 Å². The molecule has 1 aromatic carbocycles. The smallest absolute Gasteiger partial charge is 0.160 e. The summed E-state index contributed by atoms with van der Waals surface area (Å²) in [7, 11) is 3.56. The highest BCUT2D eigenvalue weighted by Gasteiger charge is 2.04. The average molecular weight is 239 g/mol. The predicted molar refractivity (Wildman–Crippen MR) is 67.3 cm³/mol. The molecule has 4 nitrogen and oxygen atoms in total. The van der Waals surface area contributed by atoms with Gasteiger partial charge in [0.2, 0.25) is 0 Å². The molecule has 2 N–H and O–H groups in total. The highest BCUT2D eigenvalue weighted by Crippen LogP contribution is 2.26. The zero-order valence-corrected chi connectivity index (χ0v) is 10.5. The van der Waals surface area contributed by atoms with Gasteiger partial charge >= 0.3 is 0 Å². The number of phenolic OH excluding ortho intramolecular Hbond substituents is 1. The Morgan fingerprint density at radius 1 is 1.29 bits per heavy atom. The van der Waals surface area contributed by atoms with Gasteiger partial charge < -0.3 is 19.8 Å². The van der Waals surface area contributed by atoms with E-state index >= 15 is 0 Å². The molecule has 0 fully saturated rings. The van der Waals surface area contributed by atoms with Crippen molar-refractivity contribution in [2.24, 2.45) is 0 Å². The summed E-state index contributed by atoms with van der Waals surface area (Å²) in [6.07, 6.45) is 1.81. The molecular formula is C13H21NO3. The largest absolute Gasteiger partial charge is 0.504 e. The van der Waals surface area contributed by atoms with Crippen molar-refractivity contribution in [1.29, 1.82) is 0 Å². The third-order valence-electron chi connectivity index (χ3n) is 2.64. The van der Waals surface area contributed by atoms with Crippen LogP contribution in [-0.2, 0) is 6.54 Å². The maximum atomic E-state index is 9.64. The molecule has 0 saturated carbocycles. The summed E-state index contributed by atoms with van der Waals surface area (Å²) in [5.41, 5.74) is 1.05. The Hall–Kier alpha value is -1.26. The van der Waals surface area contributed by atoms with Gasteiger partial charge in [-0.1, -0.05) is 6.07 Å². The third-order valence-corrected chi connectivity index (χ3v) is 2.64. The zero-order chi connectivity index (χ0) is 12.7. The fourth-order valence-corrected chi connectivity index (χ4v) is 1.72. The second-order valence-electron chi connectivity index (χ2n) is 4.17. The predicted octanol–water partition coefficient (Wildman–Crippen LogP) is 1.61. The fourth-order valence-electron chi connectivity index (χ4n) is 1.72. The SMILES string of the molecule is COc1ccc(CN(C)CCCCO)cc1O. The summed E-state index contributed by atoms with van der Waals surface area (Å²) < 4.78 is 4.99. The van der Waals surface area contributed by atoms with Crippen molar-refractivity contribution >= 4 is 0 Å². The molecule has 0 unspecified atom stereocenters. The molecule has 4 heteroatoms. The lowest BCUT2D eigenvalue weighted by Crippen LogP contribution is -2.19. The Balaban J connectivity index is 2.48. The van der Waals surface area contributed by atoms with Crippen LogP contribution in [0.5, 0.6) is 11.5 Å². The van der Waals surface area contributed by atoms with Gasteiger partial charge in [-0.25, -0.2) is 0 Å². The van der Waals surface area contributed by atoms with Gasteiger partial charge in [-0.3, -0.25) is 0 Å². The molecule has 0 saturated heterocycles. The van der Waals surface area contributed by atoms with Crippen molar-refractivity contribution in [3.05, 3.63) is 23.8 Å². The molecule has 0 heterocycles. The van der Waals surface area contributed by atoms with Gasteiger partial charge in [0.15, 0.2) is 11.5 Å². The van der Waals surface area contributed by atoms with Crippen molar-refractivity contribution in [3.8, 4) is 11.5 Å². The molecule has 1 rings (SSSR count). The zero-order valence-electron chi connectivity index (χ0n) is 10.5. The first kappa shape index (κ1) is 13.8. The Morgan fingerprint density at radius 2 is 2.06 bits per heavy atom. The van der Waals surface area contributed by atoms with Crippen LogP contribution in [0, 0.1) is 0 Å². The molecule has 0 aromatic heterocycles. The first-order chi connectivity index (χ1) is 8.17. The standard InChI is InChI=1S/C13H21NO3/c1-14(7-3-4-8-15)10-11-5-6-13(17-2)12(16)9-11/h5-6,9,15-16H,3-4,7-8,10H2,1-2H3. The third kappa shape index (κ3) is 4.63. The van der Waals surface area contributed by atoms with E-state index in [9.17, 15) is 5.11 Å². The molecule has 0 aliphatic carbocycles. The maximum absolute atomic E-state index is 9.64. The number of phenols is 1. The van der Waals surface area contributed by atoms with E-state index in [-0.39, 0.29) is 12.4 Å². The van der Waals surface area contributed by atoms with Crippen molar-refractivity contribution in [1.82, 2.24) is 4.90 Å². The van der Waals surface area contributed by atoms with Crippen LogP contribution in [0.1, 0.15) is 18.4 Å². The first-order valence-corrected chi connectivity index (χ1v) is 5.82. The summed E-state index contributed by atoms with van der Waals surface area (Å²) >= 11 is 0. The van der Waals surface area contributed by atoms with Gasteiger partial charge in [0.25, 0.3) is 0 Å². The summed E-state index contributed by atoms with van der Waals surface area (Å²) in [4.78, 5) is 2.16. The van der Waals surface area contributed by atoms with E-state index in [1.54, 1.807) is 12.1 Å².